The quantitative estimate of drug-likeness (QED) is 0.797. The van der Waals surface area contributed by atoms with E-state index >= 15 is 0 Å². The van der Waals surface area contributed by atoms with Crippen LogP contribution in [0.1, 0.15) is 45.6 Å². The van der Waals surface area contributed by atoms with E-state index in [-0.39, 0.29) is 17.2 Å². The molecule has 1 heterocycles. The first-order valence-corrected chi connectivity index (χ1v) is 9.36. The molecule has 2 N–H and O–H groups in total. The molecule has 3 rings (SSSR count). The average Bonchev–Trinajstić information content (AvgIpc) is 3.10. The lowest BCUT2D eigenvalue weighted by molar-refractivity contribution is -0.122. The molecule has 5 nitrogen and oxygen atoms in total. The number of benzene rings is 2. The summed E-state index contributed by atoms with van der Waals surface area (Å²) in [5, 5.41) is 5.48. The third-order valence-electron chi connectivity index (χ3n) is 5.19. The van der Waals surface area contributed by atoms with Crippen LogP contribution in [0.5, 0.6) is 11.5 Å². The number of amides is 2. The molecule has 2 amide bonds. The van der Waals surface area contributed by atoms with E-state index in [4.69, 9.17) is 4.74 Å². The second kappa shape index (κ2) is 7.82. The van der Waals surface area contributed by atoms with E-state index in [0.717, 1.165) is 12.2 Å². The summed E-state index contributed by atoms with van der Waals surface area (Å²) in [7, 11) is 0. The lowest BCUT2D eigenvalue weighted by Gasteiger charge is -2.23. The van der Waals surface area contributed by atoms with Gasteiger partial charge in [0.15, 0.2) is 0 Å². The van der Waals surface area contributed by atoms with Gasteiger partial charge in [0.25, 0.3) is 0 Å². The Morgan fingerprint density at radius 2 is 1.70 bits per heavy atom. The molecule has 2 aromatic carbocycles. The highest BCUT2D eigenvalue weighted by Gasteiger charge is 2.27. The molecule has 1 unspecified atom stereocenters. The van der Waals surface area contributed by atoms with Gasteiger partial charge >= 0.3 is 0 Å². The van der Waals surface area contributed by atoms with Crippen LogP contribution >= 0.6 is 0 Å². The summed E-state index contributed by atoms with van der Waals surface area (Å²) in [5.74, 6) is 1.21. The zero-order chi connectivity index (χ0) is 19.4. The Bertz CT molecular complexity index is 810. The summed E-state index contributed by atoms with van der Waals surface area (Å²) >= 11 is 0. The van der Waals surface area contributed by atoms with Crippen molar-refractivity contribution in [2.24, 2.45) is 0 Å². The van der Waals surface area contributed by atoms with Crippen LogP contribution in [0, 0.1) is 0 Å². The van der Waals surface area contributed by atoms with E-state index < -0.39 is 6.04 Å². The Balaban J connectivity index is 1.59. The Hall–Kier alpha value is -2.82. The topological polar surface area (TPSA) is 67.4 Å². The largest absolute Gasteiger partial charge is 0.457 e. The van der Waals surface area contributed by atoms with Crippen LogP contribution in [-0.2, 0) is 15.0 Å². The fourth-order valence-corrected chi connectivity index (χ4v) is 2.96. The third-order valence-corrected chi connectivity index (χ3v) is 5.19. The molecule has 0 saturated carbocycles. The molecule has 1 aliphatic heterocycles. The SMILES string of the molecule is CCC(C)(C)c1ccc(Oc2ccc(NC(=O)C3CCC(=O)N3)cc2)cc1. The first-order valence-electron chi connectivity index (χ1n) is 9.36. The summed E-state index contributed by atoms with van der Waals surface area (Å²) in [6, 6.07) is 14.9. The van der Waals surface area contributed by atoms with Crippen molar-refractivity contribution < 1.29 is 14.3 Å². The van der Waals surface area contributed by atoms with Gasteiger partial charge in [-0.05, 0) is 60.2 Å². The molecule has 1 fully saturated rings. The van der Waals surface area contributed by atoms with Gasteiger partial charge in [0.2, 0.25) is 11.8 Å². The Labute approximate surface area is 160 Å². The summed E-state index contributed by atoms with van der Waals surface area (Å²) < 4.78 is 5.88. The first kappa shape index (κ1) is 19.0. The molecule has 1 saturated heterocycles. The lowest BCUT2D eigenvalue weighted by atomic mass is 9.82. The van der Waals surface area contributed by atoms with Crippen molar-refractivity contribution >= 4 is 17.5 Å². The van der Waals surface area contributed by atoms with Crippen LogP contribution in [0.4, 0.5) is 5.69 Å². The van der Waals surface area contributed by atoms with Crippen molar-refractivity contribution in [2.45, 2.75) is 51.5 Å². The van der Waals surface area contributed by atoms with Crippen molar-refractivity contribution in [1.82, 2.24) is 5.32 Å². The summed E-state index contributed by atoms with van der Waals surface area (Å²) in [6.07, 6.45) is 2.01. The smallest absolute Gasteiger partial charge is 0.246 e. The Morgan fingerprint density at radius 1 is 1.11 bits per heavy atom. The molecular weight excluding hydrogens is 340 g/mol. The number of rotatable bonds is 6. The molecule has 0 radical (unpaired) electrons. The van der Waals surface area contributed by atoms with Crippen LogP contribution in [0.25, 0.3) is 0 Å². The maximum atomic E-state index is 12.1. The first-order chi connectivity index (χ1) is 12.9. The average molecular weight is 366 g/mol. The van der Waals surface area contributed by atoms with Crippen LogP contribution in [-0.4, -0.2) is 17.9 Å². The number of ether oxygens (including phenoxy) is 1. The summed E-state index contributed by atoms with van der Waals surface area (Å²) in [6.45, 7) is 6.64. The van der Waals surface area contributed by atoms with Crippen LogP contribution in [0.3, 0.4) is 0 Å². The van der Waals surface area contributed by atoms with E-state index in [2.05, 4.69) is 43.5 Å². The molecule has 2 aromatic rings. The van der Waals surface area contributed by atoms with Crippen molar-refractivity contribution in [2.75, 3.05) is 5.32 Å². The molecule has 0 aromatic heterocycles. The van der Waals surface area contributed by atoms with Gasteiger partial charge in [-0.2, -0.15) is 0 Å². The molecular formula is C22H26N2O3. The Morgan fingerprint density at radius 3 is 2.22 bits per heavy atom. The summed E-state index contributed by atoms with van der Waals surface area (Å²) in [5.41, 5.74) is 2.11. The molecule has 5 heteroatoms. The number of hydrogen-bond donors (Lipinski definition) is 2. The van der Waals surface area contributed by atoms with Crippen LogP contribution in [0.2, 0.25) is 0 Å². The van der Waals surface area contributed by atoms with E-state index in [9.17, 15) is 9.59 Å². The van der Waals surface area contributed by atoms with Gasteiger partial charge in [-0.1, -0.05) is 32.9 Å². The van der Waals surface area contributed by atoms with Crippen LogP contribution < -0.4 is 15.4 Å². The predicted molar refractivity (Wildman–Crippen MR) is 106 cm³/mol. The van der Waals surface area contributed by atoms with Crippen molar-refractivity contribution in [3.05, 3.63) is 54.1 Å². The number of anilines is 1. The fraction of sp³-hybridized carbons (Fsp3) is 0.364. The van der Waals surface area contributed by atoms with E-state index in [1.807, 2.05) is 24.3 Å². The highest BCUT2D eigenvalue weighted by molar-refractivity contribution is 5.98. The molecule has 0 aliphatic carbocycles. The molecule has 0 spiro atoms. The monoisotopic (exact) mass is 366 g/mol. The highest BCUT2D eigenvalue weighted by Crippen LogP contribution is 2.30. The lowest BCUT2D eigenvalue weighted by Crippen LogP contribution is -2.37. The van der Waals surface area contributed by atoms with Gasteiger partial charge in [0.1, 0.15) is 17.5 Å². The number of carbonyl (C=O) groups is 2. The molecule has 0 bridgehead atoms. The van der Waals surface area contributed by atoms with E-state index in [0.29, 0.717) is 24.3 Å². The molecule has 1 aliphatic rings. The molecule has 1 atom stereocenters. The predicted octanol–water partition coefficient (Wildman–Crippen LogP) is 4.38. The van der Waals surface area contributed by atoms with Gasteiger partial charge in [-0.25, -0.2) is 0 Å². The standard InChI is InChI=1S/C22H26N2O3/c1-4-22(2,3)15-5-9-17(10-6-15)27-18-11-7-16(8-12-18)23-21(26)19-13-14-20(25)24-19/h5-12,19H,4,13-14H2,1-3H3,(H,23,26)(H,24,25). The van der Waals surface area contributed by atoms with E-state index in [1.54, 1.807) is 12.1 Å². The second-order valence-corrected chi connectivity index (χ2v) is 7.54. The Kier molecular flexibility index (Phi) is 5.49. The zero-order valence-corrected chi connectivity index (χ0v) is 16.0. The van der Waals surface area contributed by atoms with E-state index in [1.165, 1.54) is 5.56 Å². The summed E-state index contributed by atoms with van der Waals surface area (Å²) in [4.78, 5) is 23.3. The van der Waals surface area contributed by atoms with Gasteiger partial charge in [0.05, 0.1) is 0 Å². The highest BCUT2D eigenvalue weighted by atomic mass is 16.5. The fourth-order valence-electron chi connectivity index (χ4n) is 2.96. The van der Waals surface area contributed by atoms with Gasteiger partial charge < -0.3 is 15.4 Å². The van der Waals surface area contributed by atoms with Crippen molar-refractivity contribution in [3.8, 4) is 11.5 Å². The van der Waals surface area contributed by atoms with Gasteiger partial charge in [-0.3, -0.25) is 9.59 Å². The third kappa shape index (κ3) is 4.67. The van der Waals surface area contributed by atoms with Crippen LogP contribution in [0.15, 0.2) is 48.5 Å². The minimum Gasteiger partial charge on any atom is -0.457 e. The van der Waals surface area contributed by atoms with Crippen molar-refractivity contribution in [1.29, 1.82) is 0 Å². The molecule has 142 valence electrons. The minimum atomic E-state index is -0.445. The van der Waals surface area contributed by atoms with Gasteiger partial charge in [-0.15, -0.1) is 0 Å². The van der Waals surface area contributed by atoms with Crippen molar-refractivity contribution in [3.63, 3.8) is 0 Å². The maximum Gasteiger partial charge on any atom is 0.246 e. The zero-order valence-electron chi connectivity index (χ0n) is 16.0. The van der Waals surface area contributed by atoms with Gasteiger partial charge in [0, 0.05) is 12.1 Å². The minimum absolute atomic E-state index is 0.0766. The number of nitrogens with one attached hydrogen (secondary N) is 2. The molecule has 27 heavy (non-hydrogen) atoms. The number of hydrogen-bond acceptors (Lipinski definition) is 3. The maximum absolute atomic E-state index is 12.1. The number of carbonyl (C=O) groups excluding carboxylic acids is 2. The second-order valence-electron chi connectivity index (χ2n) is 7.54. The normalized spacial score (nSPS) is 16.7.